The van der Waals surface area contributed by atoms with Crippen molar-refractivity contribution in [2.45, 2.75) is 0 Å². The van der Waals surface area contributed by atoms with E-state index in [1.165, 1.54) is 32.7 Å². The third kappa shape index (κ3) is 4.88. The van der Waals surface area contributed by atoms with Crippen molar-refractivity contribution < 1.29 is 0 Å². The first-order valence-electron chi connectivity index (χ1n) is 17.2. The van der Waals surface area contributed by atoms with Gasteiger partial charge in [-0.25, -0.2) is 4.98 Å². The lowest BCUT2D eigenvalue weighted by molar-refractivity contribution is 0.955. The van der Waals surface area contributed by atoms with Crippen LogP contribution in [0.3, 0.4) is 0 Å². The van der Waals surface area contributed by atoms with Crippen molar-refractivity contribution in [3.8, 4) is 51.0 Å². The van der Waals surface area contributed by atoms with Gasteiger partial charge in [0.2, 0.25) is 5.95 Å². The number of hydrogen-bond donors (Lipinski definition) is 0. The lowest BCUT2D eigenvalue weighted by Crippen LogP contribution is -2.06. The van der Waals surface area contributed by atoms with Gasteiger partial charge in [-0.05, 0) is 50.5 Å². The van der Waals surface area contributed by atoms with Gasteiger partial charge in [-0.1, -0.05) is 170 Å². The van der Waals surface area contributed by atoms with E-state index in [0.29, 0.717) is 17.6 Å². The summed E-state index contributed by atoms with van der Waals surface area (Å²) >= 11 is 0. The molecule has 0 saturated carbocycles. The maximum atomic E-state index is 5.31. The molecule has 0 fully saturated rings. The zero-order valence-electron chi connectivity index (χ0n) is 27.6. The fourth-order valence-corrected chi connectivity index (χ4v) is 7.49. The van der Waals surface area contributed by atoms with E-state index in [1.807, 2.05) is 24.3 Å². The average Bonchev–Trinajstić information content (AvgIpc) is 3.57. The second-order valence-electron chi connectivity index (χ2n) is 12.8. The predicted octanol–water partition coefficient (Wildman–Crippen LogP) is 11.9. The maximum absolute atomic E-state index is 5.31. The average molecular weight is 651 g/mol. The summed E-state index contributed by atoms with van der Waals surface area (Å²) in [5.74, 6) is 1.83. The summed E-state index contributed by atoms with van der Waals surface area (Å²) in [6.07, 6.45) is 0. The number of fused-ring (bicyclic) bond motifs is 7. The van der Waals surface area contributed by atoms with Crippen LogP contribution in [-0.4, -0.2) is 19.5 Å². The van der Waals surface area contributed by atoms with Gasteiger partial charge in [0.15, 0.2) is 11.6 Å². The molecule has 238 valence electrons. The Hall–Kier alpha value is -6.91. The highest BCUT2D eigenvalue weighted by atomic mass is 15.2. The van der Waals surface area contributed by atoms with Gasteiger partial charge in [0, 0.05) is 27.3 Å². The molecule has 10 aromatic rings. The van der Waals surface area contributed by atoms with Crippen molar-refractivity contribution in [1.29, 1.82) is 0 Å². The Kier molecular flexibility index (Phi) is 6.78. The monoisotopic (exact) mass is 650 g/mol. The van der Waals surface area contributed by atoms with Crippen LogP contribution in [0.2, 0.25) is 0 Å². The normalized spacial score (nSPS) is 11.5. The lowest BCUT2D eigenvalue weighted by atomic mass is 9.96. The third-order valence-electron chi connectivity index (χ3n) is 9.84. The molecule has 2 aromatic heterocycles. The molecule has 51 heavy (non-hydrogen) atoms. The molecule has 0 aliphatic carbocycles. The molecule has 0 aliphatic heterocycles. The molecule has 0 atom stereocenters. The quantitative estimate of drug-likeness (QED) is 0.186. The van der Waals surface area contributed by atoms with Crippen LogP contribution in [0.25, 0.3) is 94.3 Å². The summed E-state index contributed by atoms with van der Waals surface area (Å²) in [4.78, 5) is 15.7. The smallest absolute Gasteiger partial charge is 0.238 e. The number of benzene rings is 8. The Morgan fingerprint density at radius 2 is 0.941 bits per heavy atom. The Morgan fingerprint density at radius 3 is 1.73 bits per heavy atom. The van der Waals surface area contributed by atoms with E-state index in [9.17, 15) is 0 Å². The Labute approximate surface area is 295 Å². The van der Waals surface area contributed by atoms with Crippen molar-refractivity contribution in [3.05, 3.63) is 182 Å². The largest absolute Gasteiger partial charge is 0.277 e. The number of hydrogen-bond acceptors (Lipinski definition) is 3. The molecule has 0 unspecified atom stereocenters. The molecule has 0 aliphatic rings. The van der Waals surface area contributed by atoms with Gasteiger partial charge in [-0.3, -0.25) is 4.57 Å². The minimum atomic E-state index is 0.580. The predicted molar refractivity (Wildman–Crippen MR) is 211 cm³/mol. The first kappa shape index (κ1) is 29.0. The minimum absolute atomic E-state index is 0.580. The van der Waals surface area contributed by atoms with Gasteiger partial charge < -0.3 is 0 Å². The second kappa shape index (κ2) is 11.9. The standard InChI is InChI=1S/C47H30N4/c1-4-14-31(15-5-1)35-21-12-22-36(30-35)46-48-45(34-19-8-3-9-20-34)49-47(50-46)51-42-29-26-33-18-10-11-23-38(33)43(42)41-28-27-39-37(32-16-6-2-7-17-32)24-13-25-40(39)44(41)51/h1-30H. The van der Waals surface area contributed by atoms with E-state index in [0.717, 1.165) is 44.1 Å². The van der Waals surface area contributed by atoms with Crippen LogP contribution in [-0.2, 0) is 0 Å². The highest BCUT2D eigenvalue weighted by Crippen LogP contribution is 2.42. The number of rotatable bonds is 5. The molecule has 0 spiro atoms. The third-order valence-corrected chi connectivity index (χ3v) is 9.84. The van der Waals surface area contributed by atoms with Crippen molar-refractivity contribution in [1.82, 2.24) is 19.5 Å². The maximum Gasteiger partial charge on any atom is 0.238 e. The minimum Gasteiger partial charge on any atom is -0.277 e. The van der Waals surface area contributed by atoms with Gasteiger partial charge in [-0.15, -0.1) is 0 Å². The van der Waals surface area contributed by atoms with E-state index in [-0.39, 0.29) is 0 Å². The highest BCUT2D eigenvalue weighted by molar-refractivity contribution is 6.26. The Balaban J connectivity index is 1.32. The molecular weight excluding hydrogens is 621 g/mol. The Morgan fingerprint density at radius 1 is 0.353 bits per heavy atom. The van der Waals surface area contributed by atoms with E-state index in [2.05, 4.69) is 162 Å². The van der Waals surface area contributed by atoms with E-state index >= 15 is 0 Å². The molecular formula is C47H30N4. The first-order valence-corrected chi connectivity index (χ1v) is 17.2. The molecule has 4 heteroatoms. The van der Waals surface area contributed by atoms with Crippen LogP contribution < -0.4 is 0 Å². The van der Waals surface area contributed by atoms with Gasteiger partial charge in [0.05, 0.1) is 11.0 Å². The molecule has 0 amide bonds. The van der Waals surface area contributed by atoms with Crippen molar-refractivity contribution in [2.75, 3.05) is 0 Å². The van der Waals surface area contributed by atoms with E-state index < -0.39 is 0 Å². The summed E-state index contributed by atoms with van der Waals surface area (Å²) in [7, 11) is 0. The number of nitrogens with zero attached hydrogens (tertiary/aromatic N) is 4. The van der Waals surface area contributed by atoms with Gasteiger partial charge in [-0.2, -0.15) is 9.97 Å². The first-order chi connectivity index (χ1) is 25.3. The van der Waals surface area contributed by atoms with Crippen molar-refractivity contribution in [3.63, 3.8) is 0 Å². The summed E-state index contributed by atoms with van der Waals surface area (Å²) in [5, 5.41) is 7.06. The van der Waals surface area contributed by atoms with Gasteiger partial charge in [0.25, 0.3) is 0 Å². The molecule has 0 saturated heterocycles. The molecule has 0 radical (unpaired) electrons. The summed E-state index contributed by atoms with van der Waals surface area (Å²) in [6.45, 7) is 0. The van der Waals surface area contributed by atoms with Crippen molar-refractivity contribution in [2.24, 2.45) is 0 Å². The van der Waals surface area contributed by atoms with Crippen LogP contribution >= 0.6 is 0 Å². The van der Waals surface area contributed by atoms with E-state index in [4.69, 9.17) is 15.0 Å². The Bertz CT molecular complexity index is 2900. The highest BCUT2D eigenvalue weighted by Gasteiger charge is 2.22. The van der Waals surface area contributed by atoms with Crippen LogP contribution in [0, 0.1) is 0 Å². The second-order valence-corrected chi connectivity index (χ2v) is 12.8. The summed E-state index contributed by atoms with van der Waals surface area (Å²) in [5.41, 5.74) is 8.62. The lowest BCUT2D eigenvalue weighted by Gasteiger charge is -2.13. The van der Waals surface area contributed by atoms with Crippen LogP contribution in [0.5, 0.6) is 0 Å². The van der Waals surface area contributed by atoms with Gasteiger partial charge in [0.1, 0.15) is 0 Å². The van der Waals surface area contributed by atoms with Crippen LogP contribution in [0.15, 0.2) is 182 Å². The summed E-state index contributed by atoms with van der Waals surface area (Å²) < 4.78 is 2.26. The molecule has 2 heterocycles. The molecule has 8 aromatic carbocycles. The zero-order valence-corrected chi connectivity index (χ0v) is 27.6. The van der Waals surface area contributed by atoms with Crippen LogP contribution in [0.4, 0.5) is 0 Å². The molecule has 10 rings (SSSR count). The molecule has 0 bridgehead atoms. The molecule has 0 N–H and O–H groups in total. The fourth-order valence-electron chi connectivity index (χ4n) is 7.49. The summed E-state index contributed by atoms with van der Waals surface area (Å²) in [6, 6.07) is 63.9. The fraction of sp³-hybridized carbons (Fsp3) is 0. The van der Waals surface area contributed by atoms with E-state index in [1.54, 1.807) is 0 Å². The SMILES string of the molecule is c1ccc(-c2cccc(-c3nc(-c4ccccc4)nc(-n4c5ccc6ccccc6c5c5ccc6c(-c7ccccc7)cccc6c54)n3)c2)cc1. The number of aromatic nitrogens is 4. The zero-order chi connectivity index (χ0) is 33.7. The van der Waals surface area contributed by atoms with Crippen LogP contribution in [0.1, 0.15) is 0 Å². The topological polar surface area (TPSA) is 43.6 Å². The molecule has 4 nitrogen and oxygen atoms in total. The van der Waals surface area contributed by atoms with Gasteiger partial charge >= 0.3 is 0 Å². The van der Waals surface area contributed by atoms with Crippen molar-refractivity contribution >= 4 is 43.4 Å².